The number of amides is 2. The number of methoxy groups -OCH3 is 1. The number of benzene rings is 1. The van der Waals surface area contributed by atoms with Crippen molar-refractivity contribution in [1.29, 1.82) is 0 Å². The highest BCUT2D eigenvalue weighted by molar-refractivity contribution is 5.94. The van der Waals surface area contributed by atoms with E-state index in [1.54, 1.807) is 12.0 Å². The van der Waals surface area contributed by atoms with Crippen molar-refractivity contribution in [2.24, 2.45) is 0 Å². The van der Waals surface area contributed by atoms with Gasteiger partial charge in [-0.15, -0.1) is 0 Å². The lowest BCUT2D eigenvalue weighted by atomic mass is 10.2. The number of piperazine rings is 1. The molecule has 2 rings (SSSR count). The van der Waals surface area contributed by atoms with Crippen LogP contribution in [0.3, 0.4) is 0 Å². The second-order valence-corrected chi connectivity index (χ2v) is 5.89. The molecule has 0 aliphatic carbocycles. The van der Waals surface area contributed by atoms with Crippen LogP contribution in [-0.2, 0) is 9.53 Å². The van der Waals surface area contributed by atoms with Crippen LogP contribution in [0.5, 0.6) is 0 Å². The van der Waals surface area contributed by atoms with E-state index in [-0.39, 0.29) is 11.8 Å². The van der Waals surface area contributed by atoms with Crippen molar-refractivity contribution in [2.45, 2.75) is 12.8 Å². The van der Waals surface area contributed by atoms with E-state index in [4.69, 9.17) is 4.74 Å². The van der Waals surface area contributed by atoms with Gasteiger partial charge in [-0.3, -0.25) is 9.59 Å². The van der Waals surface area contributed by atoms with E-state index in [1.165, 1.54) is 0 Å². The highest BCUT2D eigenvalue weighted by atomic mass is 16.5. The Balaban J connectivity index is 1.92. The van der Waals surface area contributed by atoms with E-state index < -0.39 is 0 Å². The second kappa shape index (κ2) is 10.1. The van der Waals surface area contributed by atoms with Gasteiger partial charge in [0, 0.05) is 65.0 Å². The molecule has 132 valence electrons. The van der Waals surface area contributed by atoms with Crippen molar-refractivity contribution < 1.29 is 14.3 Å². The van der Waals surface area contributed by atoms with Crippen LogP contribution in [-0.4, -0.2) is 74.6 Å². The van der Waals surface area contributed by atoms with Gasteiger partial charge >= 0.3 is 0 Å². The van der Waals surface area contributed by atoms with Crippen LogP contribution >= 0.6 is 0 Å². The zero-order chi connectivity index (χ0) is 17.2. The number of carbonyl (C=O) groups excluding carboxylic acids is 2. The van der Waals surface area contributed by atoms with E-state index in [1.807, 2.05) is 35.2 Å². The molecule has 0 spiro atoms. The molecule has 0 bridgehead atoms. The molecule has 6 nitrogen and oxygen atoms in total. The molecule has 0 atom stereocenters. The summed E-state index contributed by atoms with van der Waals surface area (Å²) < 4.78 is 5.08. The van der Waals surface area contributed by atoms with Crippen molar-refractivity contribution in [3.05, 3.63) is 35.9 Å². The van der Waals surface area contributed by atoms with Crippen LogP contribution in [0.2, 0.25) is 0 Å². The van der Waals surface area contributed by atoms with Crippen molar-refractivity contribution >= 4 is 11.8 Å². The largest absolute Gasteiger partial charge is 0.385 e. The molecular weight excluding hydrogens is 306 g/mol. The first-order chi connectivity index (χ1) is 11.7. The number of carbonyl (C=O) groups is 2. The third-order valence-corrected chi connectivity index (χ3v) is 4.15. The predicted octanol–water partition coefficient (Wildman–Crippen LogP) is 0.987. The van der Waals surface area contributed by atoms with E-state index in [0.29, 0.717) is 31.7 Å². The van der Waals surface area contributed by atoms with Crippen LogP contribution in [0.4, 0.5) is 0 Å². The number of nitrogens with zero attached hydrogens (tertiary/aromatic N) is 2. The summed E-state index contributed by atoms with van der Waals surface area (Å²) in [5.41, 5.74) is 0.657. The molecule has 0 saturated carbocycles. The lowest BCUT2D eigenvalue weighted by Crippen LogP contribution is -2.47. The molecule has 1 aromatic carbocycles. The number of rotatable bonds is 8. The zero-order valence-corrected chi connectivity index (χ0v) is 14.4. The highest BCUT2D eigenvalue weighted by Crippen LogP contribution is 2.08. The van der Waals surface area contributed by atoms with Crippen molar-refractivity contribution in [2.75, 3.05) is 53.0 Å². The zero-order valence-electron chi connectivity index (χ0n) is 14.4. The van der Waals surface area contributed by atoms with Crippen LogP contribution < -0.4 is 5.32 Å². The molecule has 1 heterocycles. The maximum absolute atomic E-state index is 12.7. The fourth-order valence-electron chi connectivity index (χ4n) is 2.78. The SMILES string of the molecule is COCCCN(CCC(=O)N1CCNCC1)C(=O)c1ccccc1. The fraction of sp³-hybridized carbons (Fsp3) is 0.556. The molecule has 1 saturated heterocycles. The van der Waals surface area contributed by atoms with Crippen molar-refractivity contribution in [3.8, 4) is 0 Å². The summed E-state index contributed by atoms with van der Waals surface area (Å²) in [5, 5.41) is 3.24. The minimum Gasteiger partial charge on any atom is -0.385 e. The molecule has 1 aromatic rings. The quantitative estimate of drug-likeness (QED) is 0.721. The number of ether oxygens (including phenoxy) is 1. The van der Waals surface area contributed by atoms with E-state index in [0.717, 1.165) is 32.6 Å². The topological polar surface area (TPSA) is 61.9 Å². The molecular formula is C18H27N3O3. The van der Waals surface area contributed by atoms with Crippen LogP contribution in [0, 0.1) is 0 Å². The first kappa shape index (κ1) is 18.4. The molecule has 2 amide bonds. The Bertz CT molecular complexity index is 516. The Morgan fingerprint density at radius 3 is 2.54 bits per heavy atom. The molecule has 24 heavy (non-hydrogen) atoms. The third-order valence-electron chi connectivity index (χ3n) is 4.15. The number of nitrogens with one attached hydrogen (secondary N) is 1. The maximum atomic E-state index is 12.7. The third kappa shape index (κ3) is 5.62. The summed E-state index contributed by atoms with van der Waals surface area (Å²) in [4.78, 5) is 28.6. The van der Waals surface area contributed by atoms with Gasteiger partial charge in [0.15, 0.2) is 0 Å². The Labute approximate surface area is 143 Å². The summed E-state index contributed by atoms with van der Waals surface area (Å²) in [5.74, 6) is 0.0916. The standard InChI is InChI=1S/C18H27N3O3/c1-24-15-5-11-21(18(23)16-6-3-2-4-7-16)12-8-17(22)20-13-9-19-10-14-20/h2-4,6-7,19H,5,8-15H2,1H3. The summed E-state index contributed by atoms with van der Waals surface area (Å²) in [6.45, 7) is 4.81. The molecule has 1 aliphatic heterocycles. The first-order valence-corrected chi connectivity index (χ1v) is 8.54. The van der Waals surface area contributed by atoms with Crippen molar-refractivity contribution in [1.82, 2.24) is 15.1 Å². The van der Waals surface area contributed by atoms with Gasteiger partial charge in [0.25, 0.3) is 5.91 Å². The van der Waals surface area contributed by atoms with Gasteiger partial charge in [-0.1, -0.05) is 18.2 Å². The van der Waals surface area contributed by atoms with Crippen LogP contribution in [0.15, 0.2) is 30.3 Å². The van der Waals surface area contributed by atoms with Gasteiger partial charge in [0.1, 0.15) is 0 Å². The smallest absolute Gasteiger partial charge is 0.253 e. The Kier molecular flexibility index (Phi) is 7.71. The minimum absolute atomic E-state index is 0.0280. The van der Waals surface area contributed by atoms with Crippen molar-refractivity contribution in [3.63, 3.8) is 0 Å². The van der Waals surface area contributed by atoms with Gasteiger partial charge < -0.3 is 19.9 Å². The van der Waals surface area contributed by atoms with Gasteiger partial charge in [0.2, 0.25) is 5.91 Å². The van der Waals surface area contributed by atoms with E-state index >= 15 is 0 Å². The summed E-state index contributed by atoms with van der Waals surface area (Å²) in [6.07, 6.45) is 1.13. The molecule has 1 aliphatic rings. The highest BCUT2D eigenvalue weighted by Gasteiger charge is 2.20. The monoisotopic (exact) mass is 333 g/mol. The summed E-state index contributed by atoms with van der Waals surface area (Å²) in [6, 6.07) is 9.21. The van der Waals surface area contributed by atoms with E-state index in [2.05, 4.69) is 5.32 Å². The maximum Gasteiger partial charge on any atom is 0.253 e. The van der Waals surface area contributed by atoms with Gasteiger partial charge in [-0.2, -0.15) is 0 Å². The second-order valence-electron chi connectivity index (χ2n) is 5.89. The molecule has 0 radical (unpaired) electrons. The molecule has 6 heteroatoms. The minimum atomic E-state index is -0.0280. The van der Waals surface area contributed by atoms with Gasteiger partial charge in [-0.05, 0) is 18.6 Å². The Morgan fingerprint density at radius 2 is 1.88 bits per heavy atom. The average Bonchev–Trinajstić information content (AvgIpc) is 2.65. The van der Waals surface area contributed by atoms with E-state index in [9.17, 15) is 9.59 Å². The Hall–Kier alpha value is -1.92. The first-order valence-electron chi connectivity index (χ1n) is 8.54. The predicted molar refractivity (Wildman–Crippen MR) is 92.9 cm³/mol. The lowest BCUT2D eigenvalue weighted by Gasteiger charge is -2.29. The Morgan fingerprint density at radius 1 is 1.17 bits per heavy atom. The average molecular weight is 333 g/mol. The molecule has 1 N–H and O–H groups in total. The molecule has 0 unspecified atom stereocenters. The fourth-order valence-corrected chi connectivity index (χ4v) is 2.78. The lowest BCUT2D eigenvalue weighted by molar-refractivity contribution is -0.131. The number of hydrogen-bond donors (Lipinski definition) is 1. The summed E-state index contributed by atoms with van der Waals surface area (Å²) >= 11 is 0. The molecule has 1 fully saturated rings. The molecule has 0 aromatic heterocycles. The number of hydrogen-bond acceptors (Lipinski definition) is 4. The van der Waals surface area contributed by atoms with Gasteiger partial charge in [0.05, 0.1) is 0 Å². The normalized spacial score (nSPS) is 14.5. The van der Waals surface area contributed by atoms with Crippen LogP contribution in [0.1, 0.15) is 23.2 Å². The van der Waals surface area contributed by atoms with Gasteiger partial charge in [-0.25, -0.2) is 0 Å². The van der Waals surface area contributed by atoms with Crippen LogP contribution in [0.25, 0.3) is 0 Å². The summed E-state index contributed by atoms with van der Waals surface area (Å²) in [7, 11) is 1.65.